The van der Waals surface area contributed by atoms with Gasteiger partial charge in [-0.25, -0.2) is 0 Å². The Balaban J connectivity index is 1.71. The van der Waals surface area contributed by atoms with Gasteiger partial charge in [0.1, 0.15) is 0 Å². The fourth-order valence-corrected chi connectivity index (χ4v) is 2.81. The maximum atomic E-state index is 5.73. The lowest BCUT2D eigenvalue weighted by atomic mass is 10.1. The van der Waals surface area contributed by atoms with Gasteiger partial charge in [-0.2, -0.15) is 0 Å². The quantitative estimate of drug-likeness (QED) is 0.520. The van der Waals surface area contributed by atoms with Gasteiger partial charge in [-0.15, -0.1) is 0 Å². The van der Waals surface area contributed by atoms with E-state index in [1.807, 2.05) is 0 Å². The van der Waals surface area contributed by atoms with Crippen molar-refractivity contribution < 1.29 is 4.74 Å². The maximum Gasteiger partial charge on any atom is 0.0587 e. The van der Waals surface area contributed by atoms with Crippen molar-refractivity contribution in [1.82, 2.24) is 5.32 Å². The molecule has 1 unspecified atom stereocenters. The number of nitrogens with one attached hydrogen (secondary N) is 1. The zero-order valence-electron chi connectivity index (χ0n) is 13.1. The first-order valence-corrected chi connectivity index (χ1v) is 8.76. The van der Waals surface area contributed by atoms with E-state index < -0.39 is 0 Å². The molecule has 0 aromatic carbocycles. The zero-order chi connectivity index (χ0) is 13.6. The molecule has 1 saturated heterocycles. The predicted molar refractivity (Wildman–Crippen MR) is 83.7 cm³/mol. The third-order valence-electron chi connectivity index (χ3n) is 4.12. The summed E-state index contributed by atoms with van der Waals surface area (Å²) in [6.07, 6.45) is 16.9. The highest BCUT2D eigenvalue weighted by Crippen LogP contribution is 2.14. The third kappa shape index (κ3) is 10.4. The summed E-state index contributed by atoms with van der Waals surface area (Å²) in [5.74, 6) is 0. The van der Waals surface area contributed by atoms with Crippen LogP contribution in [0.1, 0.15) is 84.0 Å². The van der Waals surface area contributed by atoms with Gasteiger partial charge in [-0.05, 0) is 45.2 Å². The molecule has 0 radical (unpaired) electrons. The molecule has 114 valence electrons. The van der Waals surface area contributed by atoms with Crippen molar-refractivity contribution in [2.24, 2.45) is 0 Å². The largest absolute Gasteiger partial charge is 0.378 e. The fraction of sp³-hybridized carbons (Fsp3) is 1.00. The average Bonchev–Trinajstić information content (AvgIpc) is 2.46. The third-order valence-corrected chi connectivity index (χ3v) is 4.12. The summed E-state index contributed by atoms with van der Waals surface area (Å²) < 4.78 is 5.73. The van der Waals surface area contributed by atoms with E-state index in [4.69, 9.17) is 4.74 Å². The summed E-state index contributed by atoms with van der Waals surface area (Å²) in [7, 11) is 0. The van der Waals surface area contributed by atoms with Gasteiger partial charge in [0.15, 0.2) is 0 Å². The van der Waals surface area contributed by atoms with Gasteiger partial charge in [0.2, 0.25) is 0 Å². The minimum Gasteiger partial charge on any atom is -0.378 e. The molecule has 0 aliphatic carbocycles. The standard InChI is InChI=1S/C17H35NO/c1-2-3-4-5-6-7-8-10-14-18-15-13-17-12-9-11-16-19-17/h17-18H,2-16H2,1H3. The van der Waals surface area contributed by atoms with Crippen molar-refractivity contribution in [3.63, 3.8) is 0 Å². The van der Waals surface area contributed by atoms with Gasteiger partial charge < -0.3 is 10.1 Å². The molecule has 1 fully saturated rings. The Bertz CT molecular complexity index is 178. The van der Waals surface area contributed by atoms with Gasteiger partial charge in [-0.3, -0.25) is 0 Å². The molecule has 0 aromatic heterocycles. The van der Waals surface area contributed by atoms with Crippen LogP contribution >= 0.6 is 0 Å². The van der Waals surface area contributed by atoms with E-state index in [9.17, 15) is 0 Å². The second-order valence-electron chi connectivity index (χ2n) is 6.00. The van der Waals surface area contributed by atoms with Crippen LogP contribution < -0.4 is 5.32 Å². The van der Waals surface area contributed by atoms with Gasteiger partial charge in [-0.1, -0.05) is 51.9 Å². The van der Waals surface area contributed by atoms with E-state index in [1.165, 1.54) is 83.6 Å². The van der Waals surface area contributed by atoms with Crippen molar-refractivity contribution >= 4 is 0 Å². The van der Waals surface area contributed by atoms with Crippen LogP contribution in [0.3, 0.4) is 0 Å². The summed E-state index contributed by atoms with van der Waals surface area (Å²) in [5, 5.41) is 3.56. The van der Waals surface area contributed by atoms with Crippen LogP contribution in [-0.4, -0.2) is 25.8 Å². The highest BCUT2D eigenvalue weighted by molar-refractivity contribution is 4.64. The van der Waals surface area contributed by atoms with Crippen LogP contribution in [-0.2, 0) is 4.74 Å². The molecule has 1 rings (SSSR count). The lowest BCUT2D eigenvalue weighted by Gasteiger charge is -2.22. The maximum absolute atomic E-state index is 5.73. The van der Waals surface area contributed by atoms with Crippen molar-refractivity contribution in [3.8, 4) is 0 Å². The van der Waals surface area contributed by atoms with E-state index >= 15 is 0 Å². The van der Waals surface area contributed by atoms with Crippen molar-refractivity contribution in [2.75, 3.05) is 19.7 Å². The monoisotopic (exact) mass is 269 g/mol. The number of hydrogen-bond donors (Lipinski definition) is 1. The summed E-state index contributed by atoms with van der Waals surface area (Å²) in [4.78, 5) is 0. The Morgan fingerprint density at radius 2 is 1.63 bits per heavy atom. The van der Waals surface area contributed by atoms with E-state index in [0.717, 1.165) is 13.2 Å². The molecule has 0 aromatic rings. The van der Waals surface area contributed by atoms with Crippen LogP contribution in [0.4, 0.5) is 0 Å². The SMILES string of the molecule is CCCCCCCCCCNCCC1CCCCO1. The molecule has 1 heterocycles. The number of rotatable bonds is 12. The minimum absolute atomic E-state index is 0.541. The molecule has 0 saturated carbocycles. The molecule has 0 bridgehead atoms. The highest BCUT2D eigenvalue weighted by Gasteiger charge is 2.12. The first-order chi connectivity index (χ1) is 9.43. The average molecular weight is 269 g/mol. The van der Waals surface area contributed by atoms with E-state index in [2.05, 4.69) is 12.2 Å². The molecule has 1 aliphatic rings. The van der Waals surface area contributed by atoms with Crippen LogP contribution in [0.15, 0.2) is 0 Å². The summed E-state index contributed by atoms with van der Waals surface area (Å²) in [6, 6.07) is 0. The number of ether oxygens (including phenoxy) is 1. The van der Waals surface area contributed by atoms with Crippen molar-refractivity contribution in [3.05, 3.63) is 0 Å². The topological polar surface area (TPSA) is 21.3 Å². The van der Waals surface area contributed by atoms with Crippen LogP contribution in [0, 0.1) is 0 Å². The first-order valence-electron chi connectivity index (χ1n) is 8.76. The molecule has 1 N–H and O–H groups in total. The molecule has 1 atom stereocenters. The number of hydrogen-bond acceptors (Lipinski definition) is 2. The van der Waals surface area contributed by atoms with Gasteiger partial charge in [0.05, 0.1) is 6.10 Å². The van der Waals surface area contributed by atoms with Crippen LogP contribution in [0.25, 0.3) is 0 Å². The lowest BCUT2D eigenvalue weighted by Crippen LogP contribution is -2.25. The van der Waals surface area contributed by atoms with Crippen molar-refractivity contribution in [2.45, 2.75) is 90.1 Å². The van der Waals surface area contributed by atoms with Gasteiger partial charge in [0, 0.05) is 6.61 Å². The Hall–Kier alpha value is -0.0800. The van der Waals surface area contributed by atoms with Crippen LogP contribution in [0.5, 0.6) is 0 Å². The van der Waals surface area contributed by atoms with Crippen LogP contribution in [0.2, 0.25) is 0 Å². The molecule has 19 heavy (non-hydrogen) atoms. The highest BCUT2D eigenvalue weighted by atomic mass is 16.5. The Kier molecular flexibility index (Phi) is 11.5. The minimum atomic E-state index is 0.541. The van der Waals surface area contributed by atoms with E-state index in [-0.39, 0.29) is 0 Å². The summed E-state index contributed by atoms with van der Waals surface area (Å²) in [6.45, 7) is 5.61. The Labute approximate surface area is 120 Å². The second kappa shape index (κ2) is 12.9. The van der Waals surface area contributed by atoms with E-state index in [1.54, 1.807) is 0 Å². The summed E-state index contributed by atoms with van der Waals surface area (Å²) in [5.41, 5.74) is 0. The second-order valence-corrected chi connectivity index (χ2v) is 6.00. The predicted octanol–water partition coefficient (Wildman–Crippen LogP) is 4.68. The van der Waals surface area contributed by atoms with E-state index in [0.29, 0.717) is 6.10 Å². The fourth-order valence-electron chi connectivity index (χ4n) is 2.81. The lowest BCUT2D eigenvalue weighted by molar-refractivity contribution is 0.0116. The molecule has 2 heteroatoms. The molecule has 1 aliphatic heterocycles. The Morgan fingerprint density at radius 1 is 0.895 bits per heavy atom. The molecule has 0 amide bonds. The summed E-state index contributed by atoms with van der Waals surface area (Å²) >= 11 is 0. The molecular weight excluding hydrogens is 234 g/mol. The normalized spacial score (nSPS) is 19.7. The number of unbranched alkanes of at least 4 members (excludes halogenated alkanes) is 7. The zero-order valence-corrected chi connectivity index (χ0v) is 13.1. The smallest absolute Gasteiger partial charge is 0.0587 e. The Morgan fingerprint density at radius 3 is 2.32 bits per heavy atom. The van der Waals surface area contributed by atoms with Gasteiger partial charge >= 0.3 is 0 Å². The molecule has 0 spiro atoms. The van der Waals surface area contributed by atoms with Crippen molar-refractivity contribution in [1.29, 1.82) is 0 Å². The molecule has 2 nitrogen and oxygen atoms in total. The first kappa shape index (κ1) is 17.0. The molecular formula is C17H35NO. The van der Waals surface area contributed by atoms with Gasteiger partial charge in [0.25, 0.3) is 0 Å².